The number of benzene rings is 2. The van der Waals surface area contributed by atoms with Gasteiger partial charge in [0.2, 0.25) is 5.91 Å². The minimum atomic E-state index is -0.545. The van der Waals surface area contributed by atoms with Gasteiger partial charge in [-0.2, -0.15) is 0 Å². The summed E-state index contributed by atoms with van der Waals surface area (Å²) < 4.78 is 18.8. The normalized spacial score (nSPS) is 22.4. The Kier molecular flexibility index (Phi) is 7.72. The molecule has 0 unspecified atom stereocenters. The van der Waals surface area contributed by atoms with Gasteiger partial charge in [0.15, 0.2) is 5.78 Å². The van der Waals surface area contributed by atoms with Gasteiger partial charge in [-0.3, -0.25) is 9.59 Å². The number of ketones is 1. The zero-order valence-corrected chi connectivity index (χ0v) is 20.2. The van der Waals surface area contributed by atoms with E-state index in [0.717, 1.165) is 16.9 Å². The number of methoxy groups -OCH3 is 1. The lowest BCUT2D eigenvalue weighted by Crippen LogP contribution is -2.48. The van der Waals surface area contributed by atoms with Crippen molar-refractivity contribution in [1.29, 1.82) is 0 Å². The molecule has 0 saturated carbocycles. The van der Waals surface area contributed by atoms with Crippen molar-refractivity contribution in [1.82, 2.24) is 4.90 Å². The first kappa shape index (κ1) is 24.7. The van der Waals surface area contributed by atoms with Gasteiger partial charge in [-0.25, -0.2) is 4.39 Å². The molecule has 176 valence electrons. The highest BCUT2D eigenvalue weighted by Crippen LogP contribution is 2.34. The number of nitrogens with zero attached hydrogens (tertiary/aromatic N) is 1. The summed E-state index contributed by atoms with van der Waals surface area (Å²) in [5.41, 5.74) is 1.74. The molecule has 0 radical (unpaired) electrons. The van der Waals surface area contributed by atoms with E-state index in [9.17, 15) is 14.0 Å². The maximum Gasteiger partial charge on any atom is 0.223 e. The Bertz CT molecular complexity index is 989. The number of hydrogen-bond acceptors (Lipinski definition) is 3. The van der Waals surface area contributed by atoms with Crippen LogP contribution in [0.2, 0.25) is 0 Å². The zero-order chi connectivity index (χ0) is 24.2. The summed E-state index contributed by atoms with van der Waals surface area (Å²) in [5, 5.41) is 0. The summed E-state index contributed by atoms with van der Waals surface area (Å²) in [6.45, 7) is 8.29. The molecule has 0 N–H and O–H groups in total. The molecule has 0 aliphatic carbocycles. The monoisotopic (exact) mass is 451 g/mol. The van der Waals surface area contributed by atoms with Crippen molar-refractivity contribution < 1.29 is 18.7 Å². The molecule has 1 amide bonds. The molecule has 0 aromatic heterocycles. The third-order valence-corrected chi connectivity index (χ3v) is 6.20. The van der Waals surface area contributed by atoms with Crippen LogP contribution in [0.25, 0.3) is 0 Å². The van der Waals surface area contributed by atoms with Crippen LogP contribution in [0, 0.1) is 17.2 Å². The molecule has 2 aromatic carbocycles. The highest BCUT2D eigenvalue weighted by molar-refractivity contribution is 5.91. The fourth-order valence-electron chi connectivity index (χ4n) is 4.40. The number of rotatable bonds is 5. The maximum absolute atomic E-state index is 13.8. The molecule has 1 aliphatic heterocycles. The van der Waals surface area contributed by atoms with E-state index in [0.29, 0.717) is 19.4 Å². The molecular formula is C28H34FNO3. The number of amides is 1. The fraction of sp³-hybridized carbons (Fsp3) is 0.429. The second kappa shape index (κ2) is 10.3. The predicted molar refractivity (Wildman–Crippen MR) is 129 cm³/mol. The van der Waals surface area contributed by atoms with E-state index >= 15 is 0 Å². The lowest BCUT2D eigenvalue weighted by Gasteiger charge is -2.36. The lowest BCUT2D eigenvalue weighted by atomic mass is 9.76. The highest BCUT2D eigenvalue weighted by Gasteiger charge is 2.37. The van der Waals surface area contributed by atoms with Crippen LogP contribution in [0.5, 0.6) is 5.75 Å². The van der Waals surface area contributed by atoms with Gasteiger partial charge in [-0.15, -0.1) is 0 Å². The van der Waals surface area contributed by atoms with Gasteiger partial charge in [0.25, 0.3) is 0 Å². The fourth-order valence-corrected chi connectivity index (χ4v) is 4.40. The topological polar surface area (TPSA) is 46.6 Å². The standard InChI is InChI=1S/C28H34FNO3/c1-19-27(32)25(17-20-8-12-22(29)13-9-20)24(21-10-14-23(33-5)15-11-21)7-6-16-30(19)26(31)18-28(2,3)4/h6-15,19,24-25H,16-18H2,1-5H3/b7-6-/t19-,24-,25-/m0/s1. The maximum atomic E-state index is 13.8. The van der Waals surface area contributed by atoms with Gasteiger partial charge in [0.05, 0.1) is 13.2 Å². The second-order valence-electron chi connectivity index (χ2n) is 10.0. The molecule has 0 spiro atoms. The SMILES string of the molecule is COc1ccc([C@@H]2/C=C\CN(C(=O)CC(C)(C)C)[C@@H](C)C(=O)[C@H]2Cc2ccc(F)cc2)cc1. The quantitative estimate of drug-likeness (QED) is 0.559. The van der Waals surface area contributed by atoms with E-state index in [1.165, 1.54) is 12.1 Å². The Morgan fingerprint density at radius 3 is 2.30 bits per heavy atom. The number of carbonyl (C=O) groups excluding carboxylic acids is 2. The summed E-state index contributed by atoms with van der Waals surface area (Å²) in [6.07, 6.45) is 4.88. The number of ether oxygens (including phenoxy) is 1. The van der Waals surface area contributed by atoms with Crippen molar-refractivity contribution in [3.8, 4) is 5.75 Å². The van der Waals surface area contributed by atoms with Crippen LogP contribution >= 0.6 is 0 Å². The Morgan fingerprint density at radius 2 is 1.73 bits per heavy atom. The van der Waals surface area contributed by atoms with Crippen molar-refractivity contribution in [3.05, 3.63) is 77.6 Å². The molecule has 1 heterocycles. The highest BCUT2D eigenvalue weighted by atomic mass is 19.1. The number of hydrogen-bond donors (Lipinski definition) is 0. The van der Waals surface area contributed by atoms with Crippen LogP contribution in [0.3, 0.4) is 0 Å². The summed E-state index contributed by atoms with van der Waals surface area (Å²) >= 11 is 0. The lowest BCUT2D eigenvalue weighted by molar-refractivity contribution is -0.141. The van der Waals surface area contributed by atoms with Crippen LogP contribution in [-0.2, 0) is 16.0 Å². The van der Waals surface area contributed by atoms with Crippen molar-refractivity contribution >= 4 is 11.7 Å². The average Bonchev–Trinajstić information content (AvgIpc) is 2.76. The largest absolute Gasteiger partial charge is 0.497 e. The third kappa shape index (κ3) is 6.31. The molecule has 0 fully saturated rings. The second-order valence-corrected chi connectivity index (χ2v) is 10.0. The number of Topliss-reactive ketones (excluding diaryl/α,β-unsaturated/α-hetero) is 1. The summed E-state index contributed by atoms with van der Waals surface area (Å²) in [6, 6.07) is 13.5. The first-order chi connectivity index (χ1) is 15.6. The van der Waals surface area contributed by atoms with E-state index in [1.807, 2.05) is 64.1 Å². The third-order valence-electron chi connectivity index (χ3n) is 6.20. The summed E-state index contributed by atoms with van der Waals surface area (Å²) in [5.74, 6) is -0.0942. The Labute approximate surface area is 196 Å². The molecular weight excluding hydrogens is 417 g/mol. The van der Waals surface area contributed by atoms with E-state index in [-0.39, 0.29) is 34.8 Å². The number of carbonyl (C=O) groups is 2. The molecule has 0 bridgehead atoms. The molecule has 2 aromatic rings. The van der Waals surface area contributed by atoms with Gasteiger partial charge in [0, 0.05) is 24.8 Å². The zero-order valence-electron chi connectivity index (χ0n) is 20.2. The van der Waals surface area contributed by atoms with Crippen molar-refractivity contribution in [2.24, 2.45) is 11.3 Å². The minimum absolute atomic E-state index is 0.0172. The Hall–Kier alpha value is -2.95. The molecule has 3 atom stereocenters. The van der Waals surface area contributed by atoms with E-state index in [1.54, 1.807) is 24.1 Å². The van der Waals surface area contributed by atoms with Gasteiger partial charge in [-0.05, 0) is 54.2 Å². The molecule has 4 nitrogen and oxygen atoms in total. The smallest absolute Gasteiger partial charge is 0.223 e. The van der Waals surface area contributed by atoms with Gasteiger partial charge in [0.1, 0.15) is 11.6 Å². The number of halogens is 1. The number of allylic oxidation sites excluding steroid dienone is 1. The average molecular weight is 452 g/mol. The van der Waals surface area contributed by atoms with Crippen molar-refractivity contribution in [2.45, 2.75) is 52.5 Å². The van der Waals surface area contributed by atoms with E-state index in [4.69, 9.17) is 4.74 Å². The van der Waals surface area contributed by atoms with Crippen LogP contribution in [-0.4, -0.2) is 36.3 Å². The minimum Gasteiger partial charge on any atom is -0.497 e. The molecule has 1 aliphatic rings. The Balaban J connectivity index is 1.98. The van der Waals surface area contributed by atoms with Gasteiger partial charge >= 0.3 is 0 Å². The summed E-state index contributed by atoms with van der Waals surface area (Å²) in [7, 11) is 1.62. The van der Waals surface area contributed by atoms with Gasteiger partial charge < -0.3 is 9.64 Å². The molecule has 0 saturated heterocycles. The summed E-state index contributed by atoms with van der Waals surface area (Å²) in [4.78, 5) is 28.6. The van der Waals surface area contributed by atoms with Crippen LogP contribution < -0.4 is 4.74 Å². The van der Waals surface area contributed by atoms with Crippen LogP contribution in [0.1, 0.15) is 51.2 Å². The van der Waals surface area contributed by atoms with Crippen LogP contribution in [0.4, 0.5) is 4.39 Å². The predicted octanol–water partition coefficient (Wildman–Crippen LogP) is 5.57. The van der Waals surface area contributed by atoms with Crippen molar-refractivity contribution in [3.63, 3.8) is 0 Å². The van der Waals surface area contributed by atoms with Crippen molar-refractivity contribution in [2.75, 3.05) is 13.7 Å². The van der Waals surface area contributed by atoms with Gasteiger partial charge in [-0.1, -0.05) is 57.2 Å². The van der Waals surface area contributed by atoms with Crippen LogP contribution in [0.15, 0.2) is 60.7 Å². The Morgan fingerprint density at radius 1 is 1.09 bits per heavy atom. The van der Waals surface area contributed by atoms with E-state index < -0.39 is 6.04 Å². The molecule has 3 rings (SSSR count). The molecule has 33 heavy (non-hydrogen) atoms. The molecule has 5 heteroatoms. The first-order valence-electron chi connectivity index (χ1n) is 11.5. The van der Waals surface area contributed by atoms with E-state index in [2.05, 4.69) is 0 Å². The first-order valence-corrected chi connectivity index (χ1v) is 11.5.